The highest BCUT2D eigenvalue weighted by atomic mass is 16.5. The Morgan fingerprint density at radius 2 is 1.84 bits per heavy atom. The van der Waals surface area contributed by atoms with E-state index in [9.17, 15) is 14.7 Å². The molecule has 1 aliphatic heterocycles. The first-order valence-electron chi connectivity index (χ1n) is 15.1. The standard InChI is InChI=1S/C32H54O5/c1-22(2)11-8-12-23(3)13-9-16-31-17-10-15-30(6,7)29(31)27(37-25(5)33)19-24(4)32(31,35)18-14-26-20-28(34)36-21-26/h20,22-24,27,29,35H,8-19,21H2,1-7H3/t23-,24+,27+,29-,31-,32+/m0/s1. The third-order valence-corrected chi connectivity index (χ3v) is 10.2. The van der Waals surface area contributed by atoms with Crippen LogP contribution in [0.25, 0.3) is 0 Å². The summed E-state index contributed by atoms with van der Waals surface area (Å²) in [6.07, 6.45) is 13.6. The zero-order valence-electron chi connectivity index (χ0n) is 24.7. The van der Waals surface area contributed by atoms with Gasteiger partial charge in [-0.25, -0.2) is 4.79 Å². The predicted octanol–water partition coefficient (Wildman–Crippen LogP) is 7.40. The van der Waals surface area contributed by atoms with Crippen LogP contribution in [-0.4, -0.2) is 35.4 Å². The molecule has 2 fully saturated rings. The molecule has 5 heteroatoms. The Morgan fingerprint density at radius 1 is 1.14 bits per heavy atom. The number of rotatable bonds is 12. The fraction of sp³-hybridized carbons (Fsp3) is 0.875. The summed E-state index contributed by atoms with van der Waals surface area (Å²) in [5, 5.41) is 12.8. The molecule has 0 radical (unpaired) electrons. The maximum Gasteiger partial charge on any atom is 0.331 e. The lowest BCUT2D eigenvalue weighted by molar-refractivity contribution is -0.259. The van der Waals surface area contributed by atoms with E-state index in [1.54, 1.807) is 6.08 Å². The molecule has 0 spiro atoms. The smallest absolute Gasteiger partial charge is 0.331 e. The first kappa shape index (κ1) is 30.2. The zero-order chi connectivity index (χ0) is 27.4. The summed E-state index contributed by atoms with van der Waals surface area (Å²) in [7, 11) is 0. The van der Waals surface area contributed by atoms with Gasteiger partial charge < -0.3 is 14.6 Å². The van der Waals surface area contributed by atoms with E-state index >= 15 is 0 Å². The Balaban J connectivity index is 1.89. The van der Waals surface area contributed by atoms with Crippen LogP contribution in [0.2, 0.25) is 0 Å². The van der Waals surface area contributed by atoms with Crippen LogP contribution in [0, 0.1) is 34.5 Å². The Kier molecular flexibility index (Phi) is 9.97. The molecule has 6 atom stereocenters. The minimum Gasteiger partial charge on any atom is -0.462 e. The number of ether oxygens (including phenoxy) is 2. The summed E-state index contributed by atoms with van der Waals surface area (Å²) in [5.41, 5.74) is -0.234. The van der Waals surface area contributed by atoms with Crippen LogP contribution in [0.1, 0.15) is 126 Å². The maximum atomic E-state index is 12.8. The van der Waals surface area contributed by atoms with Crippen LogP contribution in [0.4, 0.5) is 0 Å². The Labute approximate surface area is 226 Å². The summed E-state index contributed by atoms with van der Waals surface area (Å²) in [5.74, 6) is 1.06. The number of esters is 2. The summed E-state index contributed by atoms with van der Waals surface area (Å²) in [4.78, 5) is 23.9. The molecule has 0 saturated heterocycles. The lowest BCUT2D eigenvalue weighted by Crippen LogP contribution is -2.68. The van der Waals surface area contributed by atoms with Gasteiger partial charge in [-0.3, -0.25) is 4.79 Å². The van der Waals surface area contributed by atoms with Crippen molar-refractivity contribution >= 4 is 11.9 Å². The van der Waals surface area contributed by atoms with Crippen molar-refractivity contribution in [3.05, 3.63) is 11.6 Å². The van der Waals surface area contributed by atoms with Gasteiger partial charge in [0.1, 0.15) is 12.7 Å². The lowest BCUT2D eigenvalue weighted by atomic mass is 9.41. The molecular formula is C32H54O5. The second kappa shape index (κ2) is 12.2. The molecule has 0 aromatic rings. The second-order valence-electron chi connectivity index (χ2n) is 13.9. The average molecular weight is 519 g/mol. The Bertz CT molecular complexity index is 829. The van der Waals surface area contributed by atoms with E-state index < -0.39 is 5.60 Å². The fourth-order valence-corrected chi connectivity index (χ4v) is 8.45. The van der Waals surface area contributed by atoms with Crippen molar-refractivity contribution in [1.29, 1.82) is 0 Å². The van der Waals surface area contributed by atoms with E-state index in [1.807, 2.05) is 0 Å². The molecule has 0 aromatic carbocycles. The topological polar surface area (TPSA) is 72.8 Å². The van der Waals surface area contributed by atoms with Gasteiger partial charge in [0.05, 0.1) is 5.60 Å². The number of carbonyl (C=O) groups is 2. The molecule has 212 valence electrons. The van der Waals surface area contributed by atoms with Gasteiger partial charge in [0.2, 0.25) is 0 Å². The molecular weight excluding hydrogens is 464 g/mol. The summed E-state index contributed by atoms with van der Waals surface area (Å²) in [6, 6.07) is 0. The molecule has 0 amide bonds. The van der Waals surface area contributed by atoms with Crippen LogP contribution >= 0.6 is 0 Å². The number of carbonyl (C=O) groups excluding carboxylic acids is 2. The number of hydrogen-bond acceptors (Lipinski definition) is 5. The summed E-state index contributed by atoms with van der Waals surface area (Å²) >= 11 is 0. The van der Waals surface area contributed by atoms with Crippen LogP contribution in [0.5, 0.6) is 0 Å². The minimum atomic E-state index is -0.876. The largest absolute Gasteiger partial charge is 0.462 e. The zero-order valence-corrected chi connectivity index (χ0v) is 24.7. The maximum absolute atomic E-state index is 12.8. The van der Waals surface area contributed by atoms with Crippen molar-refractivity contribution < 1.29 is 24.2 Å². The second-order valence-corrected chi connectivity index (χ2v) is 13.9. The fourth-order valence-electron chi connectivity index (χ4n) is 8.45. The highest BCUT2D eigenvalue weighted by molar-refractivity contribution is 5.85. The summed E-state index contributed by atoms with van der Waals surface area (Å²) < 4.78 is 11.2. The number of hydrogen-bond donors (Lipinski definition) is 1. The SMILES string of the molecule is CC(=O)O[C@@H]1C[C@@H](C)[C@](O)(CCC2=CC(=O)OC2)[C@@]2(CCC[C@@H](C)CCCC(C)C)CCCC(C)(C)[C@H]12. The van der Waals surface area contributed by atoms with Gasteiger partial charge in [-0.05, 0) is 67.3 Å². The quantitative estimate of drug-likeness (QED) is 0.273. The Hall–Kier alpha value is -1.36. The lowest BCUT2D eigenvalue weighted by Gasteiger charge is -2.66. The molecule has 0 bridgehead atoms. The van der Waals surface area contributed by atoms with Crippen molar-refractivity contribution in [1.82, 2.24) is 0 Å². The molecule has 3 rings (SSSR count). The first-order valence-corrected chi connectivity index (χ1v) is 15.1. The van der Waals surface area contributed by atoms with Crippen molar-refractivity contribution in [2.24, 2.45) is 34.5 Å². The van der Waals surface area contributed by atoms with Gasteiger partial charge >= 0.3 is 11.9 Å². The third kappa shape index (κ3) is 6.81. The predicted molar refractivity (Wildman–Crippen MR) is 148 cm³/mol. The first-order chi connectivity index (χ1) is 17.3. The molecule has 37 heavy (non-hydrogen) atoms. The van der Waals surface area contributed by atoms with Gasteiger partial charge in [-0.15, -0.1) is 0 Å². The number of cyclic esters (lactones) is 1. The van der Waals surface area contributed by atoms with E-state index in [4.69, 9.17) is 9.47 Å². The third-order valence-electron chi connectivity index (χ3n) is 10.2. The number of fused-ring (bicyclic) bond motifs is 1. The minimum absolute atomic E-state index is 0.00379. The molecule has 2 saturated carbocycles. The van der Waals surface area contributed by atoms with Gasteiger partial charge in [-0.2, -0.15) is 0 Å². The van der Waals surface area contributed by atoms with Crippen LogP contribution in [-0.2, 0) is 19.1 Å². The van der Waals surface area contributed by atoms with Crippen LogP contribution < -0.4 is 0 Å². The summed E-state index contributed by atoms with van der Waals surface area (Å²) in [6.45, 7) is 15.6. The highest BCUT2D eigenvalue weighted by Gasteiger charge is 2.66. The van der Waals surface area contributed by atoms with E-state index in [1.165, 1.54) is 32.6 Å². The van der Waals surface area contributed by atoms with Crippen molar-refractivity contribution in [2.75, 3.05) is 6.61 Å². The van der Waals surface area contributed by atoms with Gasteiger partial charge in [-0.1, -0.05) is 80.1 Å². The van der Waals surface area contributed by atoms with Crippen molar-refractivity contribution in [3.63, 3.8) is 0 Å². The van der Waals surface area contributed by atoms with Crippen molar-refractivity contribution in [3.8, 4) is 0 Å². The normalized spacial score (nSPS) is 34.0. The van der Waals surface area contributed by atoms with Gasteiger partial charge in [0.25, 0.3) is 0 Å². The monoisotopic (exact) mass is 518 g/mol. The van der Waals surface area contributed by atoms with Gasteiger partial charge in [0, 0.05) is 24.3 Å². The Morgan fingerprint density at radius 3 is 2.46 bits per heavy atom. The highest BCUT2D eigenvalue weighted by Crippen LogP contribution is 2.66. The average Bonchev–Trinajstić information content (AvgIpc) is 3.20. The van der Waals surface area contributed by atoms with Crippen LogP contribution in [0.3, 0.4) is 0 Å². The molecule has 0 unspecified atom stereocenters. The molecule has 0 aromatic heterocycles. The van der Waals surface area contributed by atoms with E-state index in [-0.39, 0.29) is 40.7 Å². The molecule has 1 heterocycles. The van der Waals surface area contributed by atoms with E-state index in [0.717, 1.165) is 43.6 Å². The van der Waals surface area contributed by atoms with Crippen molar-refractivity contribution in [2.45, 2.75) is 137 Å². The molecule has 5 nitrogen and oxygen atoms in total. The molecule has 3 aliphatic rings. The van der Waals surface area contributed by atoms with E-state index in [2.05, 4.69) is 41.5 Å². The number of aliphatic hydroxyl groups is 1. The van der Waals surface area contributed by atoms with Crippen LogP contribution in [0.15, 0.2) is 11.6 Å². The van der Waals surface area contributed by atoms with Gasteiger partial charge in [0.15, 0.2) is 0 Å². The molecule has 2 aliphatic carbocycles. The molecule has 1 N–H and O–H groups in total. The van der Waals surface area contributed by atoms with E-state index in [0.29, 0.717) is 31.8 Å².